The Morgan fingerprint density at radius 1 is 1.50 bits per heavy atom. The summed E-state index contributed by atoms with van der Waals surface area (Å²) in [6, 6.07) is 3.76. The molecule has 4 heteroatoms. The molecule has 0 aliphatic carbocycles. The number of imidazole rings is 1. The zero-order valence-electron chi connectivity index (χ0n) is 6.38. The van der Waals surface area contributed by atoms with Gasteiger partial charge in [0.2, 0.25) is 0 Å². The van der Waals surface area contributed by atoms with Crippen molar-refractivity contribution in [2.75, 3.05) is 0 Å². The van der Waals surface area contributed by atoms with E-state index >= 15 is 0 Å². The van der Waals surface area contributed by atoms with Gasteiger partial charge in [-0.2, -0.15) is 0 Å². The molecule has 2 aromatic rings. The molecule has 0 amide bonds. The van der Waals surface area contributed by atoms with E-state index in [1.165, 1.54) is 0 Å². The van der Waals surface area contributed by atoms with E-state index in [2.05, 4.69) is 20.9 Å². The second-order valence-electron chi connectivity index (χ2n) is 2.58. The van der Waals surface area contributed by atoms with Gasteiger partial charge in [0.1, 0.15) is 5.52 Å². The van der Waals surface area contributed by atoms with Crippen LogP contribution in [0.25, 0.3) is 11.0 Å². The monoisotopic (exact) mass is 244 g/mol. The normalized spacial score (nSPS) is 10.9. The molecule has 0 aliphatic heterocycles. The number of aromatic nitrogens is 2. The van der Waals surface area contributed by atoms with E-state index in [1.54, 1.807) is 6.33 Å². The Balaban J connectivity index is 2.98. The van der Waals surface area contributed by atoms with Crippen molar-refractivity contribution in [1.29, 1.82) is 0 Å². The summed E-state index contributed by atoms with van der Waals surface area (Å²) in [6.45, 7) is 0. The van der Waals surface area contributed by atoms with E-state index < -0.39 is 0 Å². The molecule has 0 aliphatic rings. The van der Waals surface area contributed by atoms with Crippen molar-refractivity contribution in [3.05, 3.63) is 28.0 Å². The van der Waals surface area contributed by atoms with E-state index in [-0.39, 0.29) is 0 Å². The van der Waals surface area contributed by atoms with Crippen LogP contribution in [0.15, 0.2) is 22.9 Å². The maximum absolute atomic E-state index is 5.99. The summed E-state index contributed by atoms with van der Waals surface area (Å²) in [5.41, 5.74) is 1.87. The maximum Gasteiger partial charge on any atom is 0.104 e. The standard InChI is InChI=1S/C8H6BrClN2/c1-12-4-11-7-5(9)2-3-6(10)8(7)12/h2-4H,1H3. The summed E-state index contributed by atoms with van der Waals surface area (Å²) >= 11 is 9.40. The third kappa shape index (κ3) is 1.04. The summed E-state index contributed by atoms with van der Waals surface area (Å²) < 4.78 is 2.88. The Kier molecular flexibility index (Phi) is 1.85. The molecule has 0 saturated heterocycles. The van der Waals surface area contributed by atoms with Gasteiger partial charge in [-0.3, -0.25) is 0 Å². The van der Waals surface area contributed by atoms with Crippen LogP contribution >= 0.6 is 27.5 Å². The van der Waals surface area contributed by atoms with Crippen molar-refractivity contribution >= 4 is 38.6 Å². The zero-order valence-corrected chi connectivity index (χ0v) is 8.72. The van der Waals surface area contributed by atoms with Gasteiger partial charge in [-0.1, -0.05) is 11.6 Å². The average molecular weight is 246 g/mol. The van der Waals surface area contributed by atoms with Gasteiger partial charge in [-0.05, 0) is 28.1 Å². The van der Waals surface area contributed by atoms with Crippen molar-refractivity contribution in [3.8, 4) is 0 Å². The lowest BCUT2D eigenvalue weighted by Crippen LogP contribution is -1.84. The Bertz CT molecular complexity index is 436. The van der Waals surface area contributed by atoms with Crippen molar-refractivity contribution in [2.45, 2.75) is 0 Å². The van der Waals surface area contributed by atoms with E-state index in [1.807, 2.05) is 23.7 Å². The van der Waals surface area contributed by atoms with E-state index in [0.29, 0.717) is 0 Å². The number of hydrogen-bond donors (Lipinski definition) is 0. The largest absolute Gasteiger partial charge is 0.332 e. The topological polar surface area (TPSA) is 17.8 Å². The quantitative estimate of drug-likeness (QED) is 0.698. The summed E-state index contributed by atoms with van der Waals surface area (Å²) in [6.07, 6.45) is 1.75. The van der Waals surface area contributed by atoms with E-state index in [0.717, 1.165) is 20.5 Å². The molecule has 0 spiro atoms. The SMILES string of the molecule is Cn1cnc2c(Br)ccc(Cl)c21. The second kappa shape index (κ2) is 2.75. The fourth-order valence-corrected chi connectivity index (χ4v) is 1.90. The highest BCUT2D eigenvalue weighted by molar-refractivity contribution is 9.10. The Morgan fingerprint density at radius 3 is 2.92 bits per heavy atom. The molecule has 1 heterocycles. The van der Waals surface area contributed by atoms with Gasteiger partial charge in [0.05, 0.1) is 16.9 Å². The predicted octanol–water partition coefficient (Wildman–Crippen LogP) is 2.99. The molecule has 0 atom stereocenters. The van der Waals surface area contributed by atoms with Crippen LogP contribution in [0.5, 0.6) is 0 Å². The minimum absolute atomic E-state index is 0.730. The third-order valence-electron chi connectivity index (χ3n) is 1.77. The lowest BCUT2D eigenvalue weighted by Gasteiger charge is -1.98. The van der Waals surface area contributed by atoms with Gasteiger partial charge in [-0.15, -0.1) is 0 Å². The number of hydrogen-bond acceptors (Lipinski definition) is 1. The van der Waals surface area contributed by atoms with Gasteiger partial charge >= 0.3 is 0 Å². The Morgan fingerprint density at radius 2 is 2.25 bits per heavy atom. The third-order valence-corrected chi connectivity index (χ3v) is 2.71. The molecule has 2 rings (SSSR count). The molecule has 1 aromatic carbocycles. The highest BCUT2D eigenvalue weighted by atomic mass is 79.9. The highest BCUT2D eigenvalue weighted by Gasteiger charge is 2.06. The van der Waals surface area contributed by atoms with Crippen LogP contribution in [0, 0.1) is 0 Å². The van der Waals surface area contributed by atoms with Crippen molar-refractivity contribution < 1.29 is 0 Å². The molecule has 2 nitrogen and oxygen atoms in total. The first-order valence-electron chi connectivity index (χ1n) is 3.45. The first-order chi connectivity index (χ1) is 5.70. The van der Waals surface area contributed by atoms with Crippen LogP contribution in [0.3, 0.4) is 0 Å². The molecule has 0 N–H and O–H groups in total. The summed E-state index contributed by atoms with van der Waals surface area (Å²) in [7, 11) is 1.92. The van der Waals surface area contributed by atoms with Crippen molar-refractivity contribution in [2.24, 2.45) is 7.05 Å². The van der Waals surface area contributed by atoms with Gasteiger partial charge in [0.25, 0.3) is 0 Å². The fraction of sp³-hybridized carbons (Fsp3) is 0.125. The van der Waals surface area contributed by atoms with E-state index in [4.69, 9.17) is 11.6 Å². The number of halogens is 2. The van der Waals surface area contributed by atoms with Gasteiger partial charge in [0, 0.05) is 11.5 Å². The summed E-state index contributed by atoms with van der Waals surface area (Å²) in [5.74, 6) is 0. The zero-order chi connectivity index (χ0) is 8.72. The predicted molar refractivity (Wildman–Crippen MR) is 53.4 cm³/mol. The summed E-state index contributed by atoms with van der Waals surface area (Å²) in [4.78, 5) is 4.21. The van der Waals surface area contributed by atoms with Crippen LogP contribution < -0.4 is 0 Å². The lowest BCUT2D eigenvalue weighted by atomic mass is 10.3. The number of nitrogens with zero attached hydrogens (tertiary/aromatic N) is 2. The molecule has 0 saturated carbocycles. The van der Waals surface area contributed by atoms with E-state index in [9.17, 15) is 0 Å². The minimum atomic E-state index is 0.730. The van der Waals surface area contributed by atoms with Gasteiger partial charge in [0.15, 0.2) is 0 Å². The molecular formula is C8H6BrClN2. The van der Waals surface area contributed by atoms with Crippen LogP contribution in [0.2, 0.25) is 5.02 Å². The maximum atomic E-state index is 5.99. The fourth-order valence-electron chi connectivity index (χ4n) is 1.19. The number of benzene rings is 1. The smallest absolute Gasteiger partial charge is 0.104 e. The van der Waals surface area contributed by atoms with Crippen molar-refractivity contribution in [3.63, 3.8) is 0 Å². The number of aryl methyl sites for hydroxylation is 1. The number of rotatable bonds is 0. The van der Waals surface area contributed by atoms with Crippen LogP contribution in [-0.2, 0) is 7.05 Å². The molecule has 0 unspecified atom stereocenters. The molecule has 0 radical (unpaired) electrons. The highest BCUT2D eigenvalue weighted by Crippen LogP contribution is 2.28. The second-order valence-corrected chi connectivity index (χ2v) is 3.84. The molecule has 1 aromatic heterocycles. The first-order valence-corrected chi connectivity index (χ1v) is 4.62. The molecular weight excluding hydrogens is 239 g/mol. The van der Waals surface area contributed by atoms with Crippen LogP contribution in [0.1, 0.15) is 0 Å². The first kappa shape index (κ1) is 8.08. The molecule has 62 valence electrons. The Labute approximate surface area is 83.3 Å². The van der Waals surface area contributed by atoms with Crippen molar-refractivity contribution in [1.82, 2.24) is 9.55 Å². The lowest BCUT2D eigenvalue weighted by molar-refractivity contribution is 0.948. The Hall–Kier alpha value is -0.540. The van der Waals surface area contributed by atoms with Crippen LogP contribution in [-0.4, -0.2) is 9.55 Å². The van der Waals surface area contributed by atoms with Gasteiger partial charge < -0.3 is 4.57 Å². The summed E-state index contributed by atoms with van der Waals surface area (Å²) in [5, 5.41) is 0.730. The molecule has 0 fully saturated rings. The molecule has 12 heavy (non-hydrogen) atoms. The van der Waals surface area contributed by atoms with Gasteiger partial charge in [-0.25, -0.2) is 4.98 Å². The van der Waals surface area contributed by atoms with Crippen LogP contribution in [0.4, 0.5) is 0 Å². The minimum Gasteiger partial charge on any atom is -0.332 e. The molecule has 0 bridgehead atoms. The number of fused-ring (bicyclic) bond motifs is 1. The average Bonchev–Trinajstić information content (AvgIpc) is 2.42.